The Morgan fingerprint density at radius 3 is 2.23 bits per heavy atom. The number of ether oxygens (including phenoxy) is 1. The van der Waals surface area contributed by atoms with Crippen molar-refractivity contribution in [1.82, 2.24) is 10.6 Å². The van der Waals surface area contributed by atoms with Gasteiger partial charge in [-0.1, -0.05) is 33.1 Å². The van der Waals surface area contributed by atoms with Crippen LogP contribution in [0.4, 0.5) is 4.79 Å². The van der Waals surface area contributed by atoms with Crippen LogP contribution in [-0.2, 0) is 4.74 Å². The molecule has 0 aliphatic heterocycles. The molecule has 2 atom stereocenters. The molecule has 0 heterocycles. The second kappa shape index (κ2) is 8.76. The van der Waals surface area contributed by atoms with Gasteiger partial charge in [-0.2, -0.15) is 0 Å². The van der Waals surface area contributed by atoms with Crippen LogP contribution in [0.1, 0.15) is 73.6 Å². The highest BCUT2D eigenvalue weighted by Crippen LogP contribution is 2.26. The molecular weight excluding hydrogens is 276 g/mol. The van der Waals surface area contributed by atoms with Gasteiger partial charge in [-0.25, -0.2) is 4.79 Å². The molecule has 0 radical (unpaired) electrons. The van der Waals surface area contributed by atoms with Crippen LogP contribution in [0.2, 0.25) is 0 Å². The first-order chi connectivity index (χ1) is 10.2. The van der Waals surface area contributed by atoms with E-state index >= 15 is 0 Å². The molecule has 1 saturated carbocycles. The van der Waals surface area contributed by atoms with E-state index in [1.54, 1.807) is 0 Å². The zero-order valence-electron chi connectivity index (χ0n) is 15.4. The number of amides is 1. The zero-order chi connectivity index (χ0) is 16.8. The van der Waals surface area contributed by atoms with Crippen molar-refractivity contribution >= 4 is 6.09 Å². The van der Waals surface area contributed by atoms with Crippen molar-refractivity contribution in [2.24, 2.45) is 11.8 Å². The largest absolute Gasteiger partial charge is 0.444 e. The number of carbonyl (C=O) groups excluding carboxylic acids is 1. The van der Waals surface area contributed by atoms with Crippen molar-refractivity contribution in [3.05, 3.63) is 0 Å². The SMILES string of the molecule is CC(C)C(CNC(C)C1CCCCC1)NC(=O)OC(C)(C)C. The molecule has 1 rings (SSSR count). The van der Waals surface area contributed by atoms with E-state index < -0.39 is 5.60 Å². The highest BCUT2D eigenvalue weighted by atomic mass is 16.6. The molecule has 0 spiro atoms. The Balaban J connectivity index is 2.41. The standard InChI is InChI=1S/C18H36N2O2/c1-13(2)16(20-17(21)22-18(4,5)6)12-19-14(3)15-10-8-7-9-11-15/h13-16,19H,7-12H2,1-6H3,(H,20,21). The van der Waals surface area contributed by atoms with Crippen LogP contribution in [0.15, 0.2) is 0 Å². The van der Waals surface area contributed by atoms with Crippen LogP contribution in [0.3, 0.4) is 0 Å². The van der Waals surface area contributed by atoms with Gasteiger partial charge in [-0.3, -0.25) is 0 Å². The Bertz CT molecular complexity index is 330. The first kappa shape index (κ1) is 19.3. The highest BCUT2D eigenvalue weighted by Gasteiger charge is 2.24. The van der Waals surface area contributed by atoms with Gasteiger partial charge in [0, 0.05) is 18.6 Å². The van der Waals surface area contributed by atoms with E-state index in [2.05, 4.69) is 31.4 Å². The Morgan fingerprint density at radius 2 is 1.73 bits per heavy atom. The molecule has 22 heavy (non-hydrogen) atoms. The fourth-order valence-electron chi connectivity index (χ4n) is 3.03. The lowest BCUT2D eigenvalue weighted by Crippen LogP contribution is -2.49. The number of carbonyl (C=O) groups is 1. The lowest BCUT2D eigenvalue weighted by molar-refractivity contribution is 0.0488. The summed E-state index contributed by atoms with van der Waals surface area (Å²) in [6.07, 6.45) is 6.46. The number of rotatable bonds is 6. The summed E-state index contributed by atoms with van der Waals surface area (Å²) in [4.78, 5) is 12.0. The summed E-state index contributed by atoms with van der Waals surface area (Å²) in [6.45, 7) is 13.0. The van der Waals surface area contributed by atoms with Crippen LogP contribution in [0, 0.1) is 11.8 Å². The van der Waals surface area contributed by atoms with Gasteiger partial charge in [0.1, 0.15) is 5.60 Å². The molecule has 1 fully saturated rings. The maximum absolute atomic E-state index is 12.0. The first-order valence-corrected chi connectivity index (χ1v) is 8.92. The lowest BCUT2D eigenvalue weighted by atomic mass is 9.84. The van der Waals surface area contributed by atoms with Gasteiger partial charge in [0.05, 0.1) is 0 Å². The van der Waals surface area contributed by atoms with E-state index in [0.717, 1.165) is 12.5 Å². The molecule has 2 N–H and O–H groups in total. The van der Waals surface area contributed by atoms with Gasteiger partial charge < -0.3 is 15.4 Å². The minimum absolute atomic E-state index is 0.0980. The Labute approximate surface area is 136 Å². The summed E-state index contributed by atoms with van der Waals surface area (Å²) in [6, 6.07) is 0.614. The van der Waals surface area contributed by atoms with Crippen LogP contribution in [0.25, 0.3) is 0 Å². The Hall–Kier alpha value is -0.770. The van der Waals surface area contributed by atoms with E-state index in [4.69, 9.17) is 4.74 Å². The van der Waals surface area contributed by atoms with Crippen LogP contribution < -0.4 is 10.6 Å². The van der Waals surface area contributed by atoms with E-state index in [1.807, 2.05) is 20.8 Å². The third-order valence-corrected chi connectivity index (χ3v) is 4.52. The molecule has 0 bridgehead atoms. The summed E-state index contributed by atoms with van der Waals surface area (Å²) in [5, 5.41) is 6.64. The highest BCUT2D eigenvalue weighted by molar-refractivity contribution is 5.68. The number of nitrogens with one attached hydrogen (secondary N) is 2. The molecule has 0 saturated heterocycles. The van der Waals surface area contributed by atoms with Crippen LogP contribution >= 0.6 is 0 Å². The number of hydrogen-bond donors (Lipinski definition) is 2. The fraction of sp³-hybridized carbons (Fsp3) is 0.944. The third-order valence-electron chi connectivity index (χ3n) is 4.52. The first-order valence-electron chi connectivity index (χ1n) is 8.92. The minimum Gasteiger partial charge on any atom is -0.444 e. The molecule has 130 valence electrons. The monoisotopic (exact) mass is 312 g/mol. The van der Waals surface area contributed by atoms with Crippen molar-refractivity contribution in [1.29, 1.82) is 0 Å². The van der Waals surface area contributed by atoms with Gasteiger partial charge in [-0.05, 0) is 52.4 Å². The molecule has 2 unspecified atom stereocenters. The number of alkyl carbamates (subject to hydrolysis) is 1. The van der Waals surface area contributed by atoms with Crippen molar-refractivity contribution in [2.75, 3.05) is 6.54 Å². The molecule has 1 aliphatic carbocycles. The van der Waals surface area contributed by atoms with Crippen LogP contribution in [-0.4, -0.2) is 30.3 Å². The minimum atomic E-state index is -0.450. The van der Waals surface area contributed by atoms with Gasteiger partial charge in [0.2, 0.25) is 0 Å². The maximum Gasteiger partial charge on any atom is 0.407 e. The summed E-state index contributed by atoms with van der Waals surface area (Å²) < 4.78 is 5.36. The Morgan fingerprint density at radius 1 is 1.14 bits per heavy atom. The quantitative estimate of drug-likeness (QED) is 0.776. The third kappa shape index (κ3) is 7.48. The molecular formula is C18H36N2O2. The molecule has 0 aromatic heterocycles. The maximum atomic E-state index is 12.0. The molecule has 1 amide bonds. The van der Waals surface area contributed by atoms with Crippen molar-refractivity contribution in [3.8, 4) is 0 Å². The van der Waals surface area contributed by atoms with E-state index in [-0.39, 0.29) is 12.1 Å². The van der Waals surface area contributed by atoms with Crippen LogP contribution in [0.5, 0.6) is 0 Å². The van der Waals surface area contributed by atoms with Crippen molar-refractivity contribution in [2.45, 2.75) is 91.3 Å². The van der Waals surface area contributed by atoms with Gasteiger partial charge in [-0.15, -0.1) is 0 Å². The summed E-state index contributed by atoms with van der Waals surface area (Å²) in [5.74, 6) is 1.15. The van der Waals surface area contributed by atoms with Crippen molar-refractivity contribution in [3.63, 3.8) is 0 Å². The molecule has 1 aliphatic rings. The average molecular weight is 312 g/mol. The summed E-state index contributed by atoms with van der Waals surface area (Å²) >= 11 is 0. The summed E-state index contributed by atoms with van der Waals surface area (Å²) in [5.41, 5.74) is -0.450. The topological polar surface area (TPSA) is 50.4 Å². The Kier molecular flexibility index (Phi) is 7.67. The molecule has 4 nitrogen and oxygen atoms in total. The summed E-state index contributed by atoms with van der Waals surface area (Å²) in [7, 11) is 0. The van der Waals surface area contributed by atoms with Crippen molar-refractivity contribution < 1.29 is 9.53 Å². The lowest BCUT2D eigenvalue weighted by Gasteiger charge is -2.31. The molecule has 0 aromatic carbocycles. The fourth-order valence-corrected chi connectivity index (χ4v) is 3.03. The second-order valence-electron chi connectivity index (χ2n) is 8.09. The normalized spacial score (nSPS) is 19.8. The van der Waals surface area contributed by atoms with E-state index in [0.29, 0.717) is 12.0 Å². The molecule has 0 aromatic rings. The predicted molar refractivity (Wildman–Crippen MR) is 92.0 cm³/mol. The van der Waals surface area contributed by atoms with E-state index in [1.165, 1.54) is 32.1 Å². The van der Waals surface area contributed by atoms with Gasteiger partial charge in [0.15, 0.2) is 0 Å². The number of hydrogen-bond acceptors (Lipinski definition) is 3. The van der Waals surface area contributed by atoms with Gasteiger partial charge >= 0.3 is 6.09 Å². The predicted octanol–water partition coefficient (Wildman–Crippen LogP) is 4.09. The smallest absolute Gasteiger partial charge is 0.407 e. The second-order valence-corrected chi connectivity index (χ2v) is 8.09. The van der Waals surface area contributed by atoms with Gasteiger partial charge in [0.25, 0.3) is 0 Å². The molecule has 4 heteroatoms. The zero-order valence-corrected chi connectivity index (χ0v) is 15.4. The van der Waals surface area contributed by atoms with E-state index in [9.17, 15) is 4.79 Å². The average Bonchev–Trinajstić information content (AvgIpc) is 2.41.